The van der Waals surface area contributed by atoms with Crippen molar-refractivity contribution in [3.05, 3.63) is 73.1 Å². The van der Waals surface area contributed by atoms with Crippen molar-refractivity contribution >= 4 is 62.5 Å². The zero-order chi connectivity index (χ0) is 27.7. The number of esters is 1. The van der Waals surface area contributed by atoms with E-state index in [4.69, 9.17) is 9.47 Å². The number of fused-ring (bicyclic) bond motifs is 9. The minimum Gasteiger partial charge on any atom is -0.482 e. The van der Waals surface area contributed by atoms with Crippen LogP contribution in [-0.4, -0.2) is 41.2 Å². The Balaban J connectivity index is 1.25. The van der Waals surface area contributed by atoms with Gasteiger partial charge in [0.15, 0.2) is 6.61 Å². The summed E-state index contributed by atoms with van der Waals surface area (Å²) in [7, 11) is 0. The number of nitrogens with zero attached hydrogens (tertiary/aromatic N) is 1. The van der Waals surface area contributed by atoms with Crippen molar-refractivity contribution in [1.29, 1.82) is 0 Å². The molecule has 2 aliphatic heterocycles. The first-order chi connectivity index (χ1) is 19.4. The summed E-state index contributed by atoms with van der Waals surface area (Å²) in [6, 6.07) is 14.9. The molecular formula is C29H25BrN2O6S2. The molecule has 206 valence electrons. The van der Waals surface area contributed by atoms with Crippen LogP contribution in [0.3, 0.4) is 0 Å². The van der Waals surface area contributed by atoms with Crippen molar-refractivity contribution in [3.8, 4) is 5.75 Å². The maximum absolute atomic E-state index is 13.9. The zero-order valence-corrected chi connectivity index (χ0v) is 24.6. The normalized spacial score (nSPS) is 29.8. The molecule has 2 amide bonds. The summed E-state index contributed by atoms with van der Waals surface area (Å²) in [5.41, 5.74) is 1.58. The number of hydrogen-bond donors (Lipinski definition) is 1. The fraction of sp³-hybridized carbons (Fsp3) is 0.379. The molecule has 0 radical (unpaired) electrons. The second kappa shape index (κ2) is 9.88. The Morgan fingerprint density at radius 1 is 1.07 bits per heavy atom. The molecule has 1 saturated heterocycles. The summed E-state index contributed by atoms with van der Waals surface area (Å²) in [6.45, 7) is 1.84. The summed E-state index contributed by atoms with van der Waals surface area (Å²) in [6.07, 6.45) is 0.818. The Hall–Kier alpha value is -2.89. The number of aromatic amines is 1. The number of carbonyl (C=O) groups is 3. The average Bonchev–Trinajstić information content (AvgIpc) is 3.67. The van der Waals surface area contributed by atoms with Gasteiger partial charge in [-0.3, -0.25) is 19.3 Å². The van der Waals surface area contributed by atoms with Gasteiger partial charge in [-0.25, -0.2) is 4.79 Å². The van der Waals surface area contributed by atoms with Crippen LogP contribution in [0, 0.1) is 29.6 Å². The van der Waals surface area contributed by atoms with E-state index in [0.717, 1.165) is 26.4 Å². The topological polar surface area (TPSA) is 106 Å². The molecule has 2 saturated carbocycles. The molecule has 2 aliphatic carbocycles. The lowest BCUT2D eigenvalue weighted by molar-refractivity contribution is -0.145. The largest absolute Gasteiger partial charge is 0.482 e. The van der Waals surface area contributed by atoms with Gasteiger partial charge in [0.2, 0.25) is 11.8 Å². The smallest absolute Gasteiger partial charge is 0.344 e. The number of benzene rings is 2. The Morgan fingerprint density at radius 3 is 2.58 bits per heavy atom. The lowest BCUT2D eigenvalue weighted by Gasteiger charge is -2.43. The summed E-state index contributed by atoms with van der Waals surface area (Å²) in [5.74, 6) is -0.827. The lowest BCUT2D eigenvalue weighted by atomic mass is 9.68. The number of carbonyl (C=O) groups excluding carboxylic acids is 3. The number of H-pyrrole nitrogens is 1. The minimum atomic E-state index is -0.438. The highest BCUT2D eigenvalue weighted by Crippen LogP contribution is 2.68. The number of imide groups is 1. The highest BCUT2D eigenvalue weighted by Gasteiger charge is 2.69. The Kier molecular flexibility index (Phi) is 6.43. The van der Waals surface area contributed by atoms with Crippen LogP contribution in [0.4, 0.5) is 5.69 Å². The number of thioether (sulfide) groups is 1. The number of rotatable bonds is 6. The monoisotopic (exact) mass is 640 g/mol. The van der Waals surface area contributed by atoms with Gasteiger partial charge in [0.25, 0.3) is 0 Å². The van der Waals surface area contributed by atoms with E-state index >= 15 is 0 Å². The van der Waals surface area contributed by atoms with Gasteiger partial charge in [-0.1, -0.05) is 39.4 Å². The van der Waals surface area contributed by atoms with Crippen LogP contribution < -0.4 is 14.5 Å². The van der Waals surface area contributed by atoms with Gasteiger partial charge in [0.1, 0.15) is 5.75 Å². The molecule has 2 bridgehead atoms. The number of halogens is 1. The summed E-state index contributed by atoms with van der Waals surface area (Å²) < 4.78 is 11.6. The second-order valence-electron chi connectivity index (χ2n) is 10.6. The molecule has 3 fully saturated rings. The van der Waals surface area contributed by atoms with Crippen LogP contribution in [0.25, 0.3) is 0 Å². The average molecular weight is 642 g/mol. The molecule has 11 heteroatoms. The number of hydrogen-bond acceptors (Lipinski definition) is 8. The Morgan fingerprint density at radius 2 is 1.82 bits per heavy atom. The molecule has 1 aromatic heterocycles. The molecule has 40 heavy (non-hydrogen) atoms. The van der Waals surface area contributed by atoms with Gasteiger partial charge < -0.3 is 14.5 Å². The van der Waals surface area contributed by atoms with Crippen molar-refractivity contribution in [2.24, 2.45) is 29.6 Å². The molecule has 8 nitrogen and oxygen atoms in total. The Bertz CT molecular complexity index is 1590. The van der Waals surface area contributed by atoms with Crippen LogP contribution in [0.1, 0.15) is 29.7 Å². The molecule has 3 heterocycles. The molecule has 7 rings (SSSR count). The predicted molar refractivity (Wildman–Crippen MR) is 154 cm³/mol. The Labute approximate surface area is 246 Å². The van der Waals surface area contributed by atoms with E-state index < -0.39 is 5.97 Å². The molecule has 2 aromatic carbocycles. The first kappa shape index (κ1) is 26.0. The van der Waals surface area contributed by atoms with Crippen molar-refractivity contribution in [2.45, 2.75) is 29.5 Å². The van der Waals surface area contributed by atoms with Gasteiger partial charge in [0.05, 0.1) is 29.2 Å². The maximum atomic E-state index is 13.9. The standard InChI is InChI=1S/C29H25BrN2O6S2/c1-2-37-19(33)12-38-16-5-3-4-13(10-16)20-21-17-11-18(24(21)39-26-25(20)40-29(36)31-26)23-22(17)27(34)32(28(23)35)15-8-6-14(30)7-9-15/h3-10,17-18,20-24H,2,11-12H2,1H3,(H,31,36)/t17?,18?,20-,21?,22?,23?,24?/m1/s1. The first-order valence-corrected chi connectivity index (χ1v) is 15.8. The minimum absolute atomic E-state index is 0.0175. The third-order valence-corrected chi connectivity index (χ3v) is 11.8. The van der Waals surface area contributed by atoms with Crippen molar-refractivity contribution < 1.29 is 23.9 Å². The quantitative estimate of drug-likeness (QED) is 0.304. The zero-order valence-electron chi connectivity index (χ0n) is 21.4. The fourth-order valence-electron chi connectivity index (χ4n) is 7.38. The molecule has 0 spiro atoms. The van der Waals surface area contributed by atoms with Crippen LogP contribution in [0.15, 0.2) is 62.8 Å². The molecule has 4 aliphatic rings. The molecular weight excluding hydrogens is 616 g/mol. The van der Waals surface area contributed by atoms with Gasteiger partial charge >= 0.3 is 10.8 Å². The summed E-state index contributed by atoms with van der Waals surface area (Å²) in [4.78, 5) is 57.2. The fourth-order valence-corrected chi connectivity index (χ4v) is 10.5. The third-order valence-electron chi connectivity index (χ3n) is 8.69. The van der Waals surface area contributed by atoms with Crippen LogP contribution in [0.5, 0.6) is 5.75 Å². The van der Waals surface area contributed by atoms with Crippen molar-refractivity contribution in [3.63, 3.8) is 0 Å². The maximum Gasteiger partial charge on any atom is 0.344 e. The number of thiazole rings is 1. The van der Waals surface area contributed by atoms with Crippen LogP contribution >= 0.6 is 39.0 Å². The molecule has 7 atom stereocenters. The number of ether oxygens (including phenoxy) is 2. The number of aromatic nitrogens is 1. The number of anilines is 1. The van der Waals surface area contributed by atoms with Crippen LogP contribution in [-0.2, 0) is 19.1 Å². The van der Waals surface area contributed by atoms with E-state index in [1.807, 2.05) is 30.3 Å². The molecule has 1 N–H and O–H groups in total. The number of nitrogens with one attached hydrogen (secondary N) is 1. The molecule has 6 unspecified atom stereocenters. The first-order valence-electron chi connectivity index (χ1n) is 13.3. The van der Waals surface area contributed by atoms with E-state index in [1.165, 1.54) is 16.2 Å². The van der Waals surface area contributed by atoms with Crippen LogP contribution in [0.2, 0.25) is 0 Å². The highest BCUT2D eigenvalue weighted by atomic mass is 79.9. The number of amides is 2. The van der Waals surface area contributed by atoms with Gasteiger partial charge in [0, 0.05) is 20.5 Å². The SMILES string of the molecule is CCOC(=O)COc1cccc([C@H]2c3sc(=O)[nH]c3SC3C4CC(C5C(=O)N(c6ccc(Br)cc6)C(=O)C45)C32)c1. The van der Waals surface area contributed by atoms with E-state index in [1.54, 1.807) is 36.9 Å². The van der Waals surface area contributed by atoms with E-state index in [2.05, 4.69) is 20.9 Å². The van der Waals surface area contributed by atoms with Crippen molar-refractivity contribution in [2.75, 3.05) is 18.1 Å². The van der Waals surface area contributed by atoms with Gasteiger partial charge in [-0.2, -0.15) is 0 Å². The van der Waals surface area contributed by atoms with E-state index in [9.17, 15) is 19.2 Å². The van der Waals surface area contributed by atoms with Gasteiger partial charge in [-0.15, -0.1) is 11.8 Å². The summed E-state index contributed by atoms with van der Waals surface area (Å²) >= 11 is 6.30. The molecule has 3 aromatic rings. The van der Waals surface area contributed by atoms with Gasteiger partial charge in [-0.05, 0) is 73.1 Å². The lowest BCUT2D eigenvalue weighted by Crippen LogP contribution is -2.42. The van der Waals surface area contributed by atoms with E-state index in [0.29, 0.717) is 11.4 Å². The second-order valence-corrected chi connectivity index (χ2v) is 13.7. The predicted octanol–water partition coefficient (Wildman–Crippen LogP) is 4.82. The highest BCUT2D eigenvalue weighted by molar-refractivity contribution is 9.10. The summed E-state index contributed by atoms with van der Waals surface area (Å²) in [5, 5.41) is 0.949. The van der Waals surface area contributed by atoms with E-state index in [-0.39, 0.29) is 70.7 Å². The third kappa shape index (κ3) is 4.00. The van der Waals surface area contributed by atoms with Crippen molar-refractivity contribution in [1.82, 2.24) is 4.98 Å².